The fourth-order valence-corrected chi connectivity index (χ4v) is 1.37. The normalized spacial score (nSPS) is 10.4. The number of hydrogen-bond donors (Lipinski definition) is 1. The minimum atomic E-state index is -0.299. The molecular formula is C9H10BrFO2. The lowest BCUT2D eigenvalue weighted by Crippen LogP contribution is -2.01. The highest BCUT2D eigenvalue weighted by Gasteiger charge is 2.05. The summed E-state index contributed by atoms with van der Waals surface area (Å²) in [5.41, 5.74) is 0.482. The van der Waals surface area contributed by atoms with E-state index in [2.05, 4.69) is 15.9 Å². The van der Waals surface area contributed by atoms with Crippen molar-refractivity contribution in [2.45, 2.75) is 6.61 Å². The predicted molar refractivity (Wildman–Crippen MR) is 50.8 cm³/mol. The van der Waals surface area contributed by atoms with Crippen molar-refractivity contribution in [2.75, 3.05) is 13.2 Å². The van der Waals surface area contributed by atoms with E-state index >= 15 is 0 Å². The third-order valence-electron chi connectivity index (χ3n) is 1.54. The van der Waals surface area contributed by atoms with Gasteiger partial charge in [0.2, 0.25) is 0 Å². The van der Waals surface area contributed by atoms with Gasteiger partial charge in [-0.15, -0.1) is 0 Å². The van der Waals surface area contributed by atoms with E-state index in [0.29, 0.717) is 10.0 Å². The van der Waals surface area contributed by atoms with Gasteiger partial charge in [-0.3, -0.25) is 0 Å². The Morgan fingerprint density at radius 2 is 2.23 bits per heavy atom. The van der Waals surface area contributed by atoms with Crippen molar-refractivity contribution < 1.29 is 14.2 Å². The number of rotatable bonds is 4. The Balaban J connectivity index is 2.64. The molecule has 1 N–H and O–H groups in total. The van der Waals surface area contributed by atoms with Gasteiger partial charge in [-0.25, -0.2) is 4.39 Å². The minimum Gasteiger partial charge on any atom is -0.394 e. The number of halogens is 2. The van der Waals surface area contributed by atoms with Crippen LogP contribution in [0, 0.1) is 5.82 Å². The van der Waals surface area contributed by atoms with Crippen molar-refractivity contribution in [1.82, 2.24) is 0 Å². The van der Waals surface area contributed by atoms with Gasteiger partial charge in [0.1, 0.15) is 5.82 Å². The summed E-state index contributed by atoms with van der Waals surface area (Å²) in [7, 11) is 0. The van der Waals surface area contributed by atoms with Crippen molar-refractivity contribution in [3.05, 3.63) is 34.1 Å². The van der Waals surface area contributed by atoms with Gasteiger partial charge in [-0.05, 0) is 12.1 Å². The molecule has 0 unspecified atom stereocenters. The molecule has 0 aromatic heterocycles. The topological polar surface area (TPSA) is 29.5 Å². The smallest absolute Gasteiger partial charge is 0.129 e. The molecule has 0 bridgehead atoms. The first kappa shape index (κ1) is 10.6. The average molecular weight is 249 g/mol. The zero-order chi connectivity index (χ0) is 9.68. The lowest BCUT2D eigenvalue weighted by Gasteiger charge is -2.05. The van der Waals surface area contributed by atoms with E-state index in [1.54, 1.807) is 12.1 Å². The molecular weight excluding hydrogens is 239 g/mol. The van der Waals surface area contributed by atoms with Crippen molar-refractivity contribution >= 4 is 15.9 Å². The van der Waals surface area contributed by atoms with Crippen LogP contribution < -0.4 is 0 Å². The van der Waals surface area contributed by atoms with Crippen LogP contribution >= 0.6 is 15.9 Å². The lowest BCUT2D eigenvalue weighted by atomic mass is 10.2. The zero-order valence-electron chi connectivity index (χ0n) is 6.96. The predicted octanol–water partition coefficient (Wildman–Crippen LogP) is 2.10. The first-order valence-electron chi connectivity index (χ1n) is 3.87. The number of aliphatic hydroxyl groups excluding tert-OH is 1. The summed E-state index contributed by atoms with van der Waals surface area (Å²) in [6, 6.07) is 4.75. The molecule has 2 nitrogen and oxygen atoms in total. The molecule has 0 atom stereocenters. The van der Waals surface area contributed by atoms with Crippen LogP contribution in [0.15, 0.2) is 22.7 Å². The largest absolute Gasteiger partial charge is 0.394 e. The molecule has 0 aliphatic heterocycles. The second kappa shape index (κ2) is 5.32. The van der Waals surface area contributed by atoms with Gasteiger partial charge in [-0.2, -0.15) is 0 Å². The summed E-state index contributed by atoms with van der Waals surface area (Å²) in [5.74, 6) is -0.299. The molecule has 0 saturated carbocycles. The molecule has 0 aliphatic rings. The molecule has 0 heterocycles. The van der Waals surface area contributed by atoms with E-state index in [4.69, 9.17) is 9.84 Å². The monoisotopic (exact) mass is 248 g/mol. The van der Waals surface area contributed by atoms with E-state index in [1.165, 1.54) is 6.07 Å². The van der Waals surface area contributed by atoms with Crippen LogP contribution in [0.3, 0.4) is 0 Å². The summed E-state index contributed by atoms with van der Waals surface area (Å²) >= 11 is 3.22. The summed E-state index contributed by atoms with van der Waals surface area (Å²) in [5, 5.41) is 8.45. The SMILES string of the molecule is OCCOCc1c(F)cccc1Br. The zero-order valence-corrected chi connectivity index (χ0v) is 8.55. The van der Waals surface area contributed by atoms with Crippen LogP contribution in [0.2, 0.25) is 0 Å². The molecule has 1 aromatic rings. The van der Waals surface area contributed by atoms with Crippen molar-refractivity contribution in [3.63, 3.8) is 0 Å². The molecule has 13 heavy (non-hydrogen) atoms. The molecule has 1 aromatic carbocycles. The van der Waals surface area contributed by atoms with Crippen molar-refractivity contribution in [3.8, 4) is 0 Å². The Bertz CT molecular complexity index is 258. The van der Waals surface area contributed by atoms with Crippen LogP contribution in [0.25, 0.3) is 0 Å². The van der Waals surface area contributed by atoms with Gasteiger partial charge >= 0.3 is 0 Å². The Hall–Kier alpha value is -0.450. The summed E-state index contributed by atoms with van der Waals surface area (Å²) in [6.07, 6.45) is 0. The Morgan fingerprint density at radius 3 is 2.85 bits per heavy atom. The quantitative estimate of drug-likeness (QED) is 0.828. The number of ether oxygens (including phenoxy) is 1. The van der Waals surface area contributed by atoms with Crippen molar-refractivity contribution in [1.29, 1.82) is 0 Å². The maximum Gasteiger partial charge on any atom is 0.129 e. The Morgan fingerprint density at radius 1 is 1.46 bits per heavy atom. The molecule has 0 radical (unpaired) electrons. The molecule has 72 valence electrons. The van der Waals surface area contributed by atoms with E-state index in [1.807, 2.05) is 0 Å². The second-order valence-electron chi connectivity index (χ2n) is 2.48. The maximum atomic E-state index is 13.1. The third kappa shape index (κ3) is 3.06. The van der Waals surface area contributed by atoms with Gasteiger partial charge in [0.05, 0.1) is 19.8 Å². The van der Waals surface area contributed by atoms with E-state index in [0.717, 1.165) is 0 Å². The highest BCUT2D eigenvalue weighted by molar-refractivity contribution is 9.10. The van der Waals surface area contributed by atoms with Crippen LogP contribution in [0.4, 0.5) is 4.39 Å². The van der Waals surface area contributed by atoms with E-state index < -0.39 is 0 Å². The average Bonchev–Trinajstić information content (AvgIpc) is 2.10. The van der Waals surface area contributed by atoms with Crippen LogP contribution in [-0.4, -0.2) is 18.3 Å². The lowest BCUT2D eigenvalue weighted by molar-refractivity contribution is 0.0796. The summed E-state index contributed by atoms with van der Waals surface area (Å²) in [6.45, 7) is 0.348. The summed E-state index contributed by atoms with van der Waals surface area (Å²) in [4.78, 5) is 0. The van der Waals surface area contributed by atoms with E-state index in [-0.39, 0.29) is 25.6 Å². The molecule has 0 amide bonds. The molecule has 1 rings (SSSR count). The Labute approximate surface area is 84.5 Å². The molecule has 4 heteroatoms. The van der Waals surface area contributed by atoms with Gasteiger partial charge in [0.15, 0.2) is 0 Å². The van der Waals surface area contributed by atoms with Crippen molar-refractivity contribution in [2.24, 2.45) is 0 Å². The van der Waals surface area contributed by atoms with Crippen LogP contribution in [-0.2, 0) is 11.3 Å². The Kier molecular flexibility index (Phi) is 4.35. The van der Waals surface area contributed by atoms with Crippen LogP contribution in [0.5, 0.6) is 0 Å². The molecule has 0 aliphatic carbocycles. The van der Waals surface area contributed by atoms with Gasteiger partial charge in [-0.1, -0.05) is 22.0 Å². The van der Waals surface area contributed by atoms with Crippen LogP contribution in [0.1, 0.15) is 5.56 Å². The van der Waals surface area contributed by atoms with E-state index in [9.17, 15) is 4.39 Å². The first-order valence-corrected chi connectivity index (χ1v) is 4.66. The maximum absolute atomic E-state index is 13.1. The third-order valence-corrected chi connectivity index (χ3v) is 2.29. The number of hydrogen-bond acceptors (Lipinski definition) is 2. The molecule has 0 fully saturated rings. The highest BCUT2D eigenvalue weighted by atomic mass is 79.9. The number of benzene rings is 1. The standard InChI is InChI=1S/C9H10BrFO2/c10-8-2-1-3-9(11)7(8)6-13-5-4-12/h1-3,12H,4-6H2. The molecule has 0 saturated heterocycles. The van der Waals surface area contributed by atoms with Gasteiger partial charge in [0.25, 0.3) is 0 Å². The first-order chi connectivity index (χ1) is 6.25. The summed E-state index contributed by atoms with van der Waals surface area (Å²) < 4.78 is 18.8. The fraction of sp³-hybridized carbons (Fsp3) is 0.333. The minimum absolute atomic E-state index is 0.0495. The van der Waals surface area contributed by atoms with Gasteiger partial charge < -0.3 is 9.84 Å². The second-order valence-corrected chi connectivity index (χ2v) is 3.33. The fourth-order valence-electron chi connectivity index (χ4n) is 0.909. The molecule has 0 spiro atoms. The number of aliphatic hydroxyl groups is 1. The highest BCUT2D eigenvalue weighted by Crippen LogP contribution is 2.20. The van der Waals surface area contributed by atoms with Gasteiger partial charge in [0, 0.05) is 10.0 Å².